The molecule has 0 aliphatic rings. The van der Waals surface area contributed by atoms with Crippen molar-refractivity contribution in [3.05, 3.63) is 59.7 Å². The van der Waals surface area contributed by atoms with Crippen molar-refractivity contribution in [2.45, 2.75) is 39.8 Å². The van der Waals surface area contributed by atoms with Crippen LogP contribution < -0.4 is 10.2 Å². The zero-order valence-electron chi connectivity index (χ0n) is 16.8. The molecule has 144 valence electrons. The van der Waals surface area contributed by atoms with E-state index in [1.54, 1.807) is 6.92 Å². The first-order chi connectivity index (χ1) is 12.8. The molecule has 27 heavy (non-hydrogen) atoms. The Kier molecular flexibility index (Phi) is 6.99. The fraction of sp³-hybridized carbons (Fsp3) is 0.364. The molecular weight excluding hydrogens is 338 g/mol. The highest BCUT2D eigenvalue weighted by Crippen LogP contribution is 2.28. The molecule has 2 aromatic rings. The van der Waals surface area contributed by atoms with Crippen LogP contribution in [0.3, 0.4) is 0 Å². The third kappa shape index (κ3) is 5.33. The van der Waals surface area contributed by atoms with Crippen LogP contribution in [0.2, 0.25) is 0 Å². The molecule has 1 unspecified atom stereocenters. The molecule has 1 atom stereocenters. The lowest BCUT2D eigenvalue weighted by molar-refractivity contribution is -0.131. The Balaban J connectivity index is 2.36. The van der Waals surface area contributed by atoms with Crippen molar-refractivity contribution in [3.63, 3.8) is 0 Å². The lowest BCUT2D eigenvalue weighted by atomic mass is 10.0. The monoisotopic (exact) mass is 367 g/mol. The summed E-state index contributed by atoms with van der Waals surface area (Å²) in [5.74, 6) is -0.0151. The van der Waals surface area contributed by atoms with Gasteiger partial charge in [-0.05, 0) is 36.2 Å². The number of hydrogen-bond acceptors (Lipinski definition) is 3. The first-order valence-corrected chi connectivity index (χ1v) is 9.25. The molecule has 2 rings (SSSR count). The highest BCUT2D eigenvalue weighted by molar-refractivity contribution is 5.90. The van der Waals surface area contributed by atoms with Crippen LogP contribution in [0.1, 0.15) is 44.4 Å². The summed E-state index contributed by atoms with van der Waals surface area (Å²) in [4.78, 5) is 28.0. The predicted molar refractivity (Wildman–Crippen MR) is 111 cm³/mol. The molecule has 0 saturated heterocycles. The summed E-state index contributed by atoms with van der Waals surface area (Å²) in [6.45, 7) is 5.92. The third-order valence-corrected chi connectivity index (χ3v) is 4.66. The van der Waals surface area contributed by atoms with Gasteiger partial charge in [0, 0.05) is 45.4 Å². The van der Waals surface area contributed by atoms with Gasteiger partial charge in [0.1, 0.15) is 0 Å². The Hall–Kier alpha value is -2.82. The molecule has 0 spiro atoms. The van der Waals surface area contributed by atoms with E-state index in [1.165, 1.54) is 0 Å². The molecule has 0 aromatic heterocycles. The van der Waals surface area contributed by atoms with Gasteiger partial charge in [0.25, 0.3) is 0 Å². The van der Waals surface area contributed by atoms with Crippen LogP contribution in [0, 0.1) is 0 Å². The van der Waals surface area contributed by atoms with E-state index in [0.717, 1.165) is 22.5 Å². The first kappa shape index (κ1) is 20.5. The lowest BCUT2D eigenvalue weighted by Crippen LogP contribution is -2.31. The Morgan fingerprint density at radius 3 is 2.30 bits per heavy atom. The van der Waals surface area contributed by atoms with Crippen LogP contribution in [0.25, 0.3) is 0 Å². The standard InChI is InChI=1S/C22H29N3O2/c1-6-22(27)23-20-12-13-21(24(4)5)19(14-20)15-25(17(3)26)16(2)18-10-8-7-9-11-18/h7-14,16H,6,15H2,1-5H3,(H,23,27). The predicted octanol–water partition coefficient (Wildman–Crippen LogP) is 4.21. The van der Waals surface area contributed by atoms with Gasteiger partial charge < -0.3 is 15.1 Å². The van der Waals surface area contributed by atoms with Gasteiger partial charge >= 0.3 is 0 Å². The van der Waals surface area contributed by atoms with Crippen molar-refractivity contribution in [3.8, 4) is 0 Å². The van der Waals surface area contributed by atoms with Crippen molar-refractivity contribution >= 4 is 23.2 Å². The minimum atomic E-state index is -0.0485. The van der Waals surface area contributed by atoms with E-state index in [4.69, 9.17) is 0 Å². The number of carbonyl (C=O) groups excluding carboxylic acids is 2. The minimum Gasteiger partial charge on any atom is -0.377 e. The topological polar surface area (TPSA) is 52.7 Å². The van der Waals surface area contributed by atoms with Crippen LogP contribution in [0.4, 0.5) is 11.4 Å². The summed E-state index contributed by atoms with van der Waals surface area (Å²) < 4.78 is 0. The van der Waals surface area contributed by atoms with Gasteiger partial charge in [0.15, 0.2) is 0 Å². The molecule has 5 nitrogen and oxygen atoms in total. The normalized spacial score (nSPS) is 11.6. The van der Waals surface area contributed by atoms with Gasteiger partial charge in [-0.15, -0.1) is 0 Å². The molecule has 0 heterocycles. The summed E-state index contributed by atoms with van der Waals surface area (Å²) in [7, 11) is 3.95. The first-order valence-electron chi connectivity index (χ1n) is 9.25. The van der Waals surface area contributed by atoms with Gasteiger partial charge in [0.2, 0.25) is 11.8 Å². The van der Waals surface area contributed by atoms with E-state index in [-0.39, 0.29) is 17.9 Å². The Morgan fingerprint density at radius 1 is 1.07 bits per heavy atom. The van der Waals surface area contributed by atoms with Crippen LogP contribution in [-0.2, 0) is 16.1 Å². The van der Waals surface area contributed by atoms with E-state index in [2.05, 4.69) is 5.32 Å². The van der Waals surface area contributed by atoms with Crippen molar-refractivity contribution < 1.29 is 9.59 Å². The van der Waals surface area contributed by atoms with Gasteiger partial charge in [-0.25, -0.2) is 0 Å². The molecule has 5 heteroatoms. The minimum absolute atomic E-state index is 0.0130. The number of carbonyl (C=O) groups is 2. The molecule has 1 N–H and O–H groups in total. The fourth-order valence-electron chi connectivity index (χ4n) is 3.09. The second-order valence-corrected chi connectivity index (χ2v) is 6.87. The zero-order valence-corrected chi connectivity index (χ0v) is 16.8. The van der Waals surface area contributed by atoms with Crippen LogP contribution in [0.5, 0.6) is 0 Å². The number of hydrogen-bond donors (Lipinski definition) is 1. The molecule has 0 radical (unpaired) electrons. The van der Waals surface area contributed by atoms with Crippen molar-refractivity contribution in [1.82, 2.24) is 4.90 Å². The summed E-state index contributed by atoms with van der Waals surface area (Å²) in [6.07, 6.45) is 0.426. The molecule has 2 aromatic carbocycles. The van der Waals surface area contributed by atoms with Gasteiger partial charge in [-0.3, -0.25) is 9.59 Å². The third-order valence-electron chi connectivity index (χ3n) is 4.66. The Labute approximate surface area is 162 Å². The SMILES string of the molecule is CCC(=O)Nc1ccc(N(C)C)c(CN(C(C)=O)C(C)c2ccccc2)c1. The summed E-state index contributed by atoms with van der Waals surface area (Å²) in [5, 5.41) is 2.90. The molecule has 0 aliphatic heterocycles. The summed E-state index contributed by atoms with van der Waals surface area (Å²) in [6, 6.07) is 15.8. The fourth-order valence-corrected chi connectivity index (χ4v) is 3.09. The van der Waals surface area contributed by atoms with Crippen molar-refractivity contribution in [2.75, 3.05) is 24.3 Å². The molecule has 0 aliphatic carbocycles. The number of nitrogens with zero attached hydrogens (tertiary/aromatic N) is 2. The molecule has 0 bridgehead atoms. The molecule has 0 fully saturated rings. The highest BCUT2D eigenvalue weighted by Gasteiger charge is 2.20. The van der Waals surface area contributed by atoms with E-state index in [1.807, 2.05) is 86.3 Å². The maximum Gasteiger partial charge on any atom is 0.224 e. The zero-order chi connectivity index (χ0) is 20.0. The smallest absolute Gasteiger partial charge is 0.224 e. The molecule has 2 amide bonds. The van der Waals surface area contributed by atoms with Crippen LogP contribution in [0.15, 0.2) is 48.5 Å². The molecular formula is C22H29N3O2. The number of benzene rings is 2. The maximum absolute atomic E-state index is 12.4. The van der Waals surface area contributed by atoms with Gasteiger partial charge in [0.05, 0.1) is 6.04 Å². The highest BCUT2D eigenvalue weighted by atomic mass is 16.2. The van der Waals surface area contributed by atoms with Gasteiger partial charge in [-0.2, -0.15) is 0 Å². The van der Waals surface area contributed by atoms with E-state index >= 15 is 0 Å². The number of rotatable bonds is 7. The Bertz CT molecular complexity index is 787. The average Bonchev–Trinajstić information content (AvgIpc) is 2.65. The quantitative estimate of drug-likeness (QED) is 0.797. The lowest BCUT2D eigenvalue weighted by Gasteiger charge is -2.30. The second-order valence-electron chi connectivity index (χ2n) is 6.87. The number of anilines is 2. The number of amides is 2. The van der Waals surface area contributed by atoms with E-state index < -0.39 is 0 Å². The average molecular weight is 367 g/mol. The summed E-state index contributed by atoms with van der Waals surface area (Å²) in [5.41, 5.74) is 3.86. The molecule has 0 saturated carbocycles. The largest absolute Gasteiger partial charge is 0.377 e. The van der Waals surface area contributed by atoms with Crippen molar-refractivity contribution in [2.24, 2.45) is 0 Å². The Morgan fingerprint density at radius 2 is 1.74 bits per heavy atom. The van der Waals surface area contributed by atoms with Crippen molar-refractivity contribution in [1.29, 1.82) is 0 Å². The summed E-state index contributed by atoms with van der Waals surface area (Å²) >= 11 is 0. The van der Waals surface area contributed by atoms with Gasteiger partial charge in [-0.1, -0.05) is 37.3 Å². The van der Waals surface area contributed by atoms with Crippen LogP contribution >= 0.6 is 0 Å². The second kappa shape index (κ2) is 9.21. The number of nitrogens with one attached hydrogen (secondary N) is 1. The van der Waals surface area contributed by atoms with E-state index in [9.17, 15) is 9.59 Å². The van der Waals surface area contributed by atoms with Crippen LogP contribution in [-0.4, -0.2) is 30.8 Å². The van der Waals surface area contributed by atoms with E-state index in [0.29, 0.717) is 13.0 Å². The maximum atomic E-state index is 12.4.